The Balaban J connectivity index is 2.06. The molecule has 0 bridgehead atoms. The normalized spacial score (nSPS) is 15.0. The summed E-state index contributed by atoms with van der Waals surface area (Å²) in [4.78, 5) is 11.4. The van der Waals surface area contributed by atoms with E-state index in [1.54, 1.807) is 42.5 Å². The first-order valence-electron chi connectivity index (χ1n) is 7.33. The van der Waals surface area contributed by atoms with Crippen molar-refractivity contribution in [2.75, 3.05) is 11.9 Å². The number of sulfone groups is 1. The number of ether oxygens (including phenoxy) is 1. The number of fused-ring (bicyclic) bond motifs is 1. The zero-order valence-corrected chi connectivity index (χ0v) is 13.8. The molecule has 1 aliphatic heterocycles. The molecule has 3 N–H and O–H groups in total. The molecule has 0 fully saturated rings. The Hall–Kier alpha value is -2.80. The fourth-order valence-corrected chi connectivity index (χ4v) is 4.23. The minimum atomic E-state index is -3.91. The van der Waals surface area contributed by atoms with Crippen LogP contribution in [0.5, 0.6) is 5.75 Å². The summed E-state index contributed by atoms with van der Waals surface area (Å²) in [6.45, 7) is 2.44. The second kappa shape index (κ2) is 6.01. The van der Waals surface area contributed by atoms with Gasteiger partial charge in [-0.05, 0) is 37.3 Å². The van der Waals surface area contributed by atoms with Gasteiger partial charge in [0.1, 0.15) is 5.75 Å². The lowest BCUT2D eigenvalue weighted by atomic mass is 10.1. The Labute approximate surface area is 139 Å². The average molecular weight is 344 g/mol. The number of carbonyl (C=O) groups excluding carboxylic acids is 1. The zero-order chi connectivity index (χ0) is 17.3. The third-order valence-electron chi connectivity index (χ3n) is 3.60. The smallest absolute Gasteiger partial charge is 0.262 e. The maximum absolute atomic E-state index is 12.5. The van der Waals surface area contributed by atoms with E-state index in [4.69, 9.17) is 10.5 Å². The third kappa shape index (κ3) is 2.63. The molecule has 24 heavy (non-hydrogen) atoms. The number of rotatable bonds is 5. The van der Waals surface area contributed by atoms with Crippen LogP contribution in [0.15, 0.2) is 58.3 Å². The third-order valence-corrected chi connectivity index (χ3v) is 5.48. The van der Waals surface area contributed by atoms with Gasteiger partial charge >= 0.3 is 0 Å². The molecule has 0 saturated carbocycles. The molecule has 124 valence electrons. The van der Waals surface area contributed by atoms with E-state index in [9.17, 15) is 13.2 Å². The van der Waals surface area contributed by atoms with Crippen molar-refractivity contribution in [1.82, 2.24) is 0 Å². The lowest BCUT2D eigenvalue weighted by Crippen LogP contribution is -2.20. The molecule has 0 aromatic heterocycles. The summed E-state index contributed by atoms with van der Waals surface area (Å²) >= 11 is 0. The highest BCUT2D eigenvalue weighted by Gasteiger charge is 2.38. The molecule has 1 aliphatic rings. The molecule has 0 unspecified atom stereocenters. The van der Waals surface area contributed by atoms with Crippen LogP contribution in [0.1, 0.15) is 12.5 Å². The van der Waals surface area contributed by atoms with Crippen molar-refractivity contribution < 1.29 is 17.9 Å². The predicted octanol–water partition coefficient (Wildman–Crippen LogP) is 2.14. The van der Waals surface area contributed by atoms with Gasteiger partial charge in [-0.2, -0.15) is 0 Å². The van der Waals surface area contributed by atoms with Crippen molar-refractivity contribution in [1.29, 1.82) is 0 Å². The zero-order valence-electron chi connectivity index (χ0n) is 12.9. The lowest BCUT2D eigenvalue weighted by molar-refractivity contribution is -0.113. The fraction of sp³-hybridized carbons (Fsp3) is 0.118. The predicted molar refractivity (Wildman–Crippen MR) is 91.0 cm³/mol. The van der Waals surface area contributed by atoms with Gasteiger partial charge in [0.15, 0.2) is 4.91 Å². The number of nitrogens with one attached hydrogen (secondary N) is 1. The van der Waals surface area contributed by atoms with Gasteiger partial charge in [-0.1, -0.05) is 18.2 Å². The fourth-order valence-electron chi connectivity index (χ4n) is 2.60. The number of hydrogen-bond acceptors (Lipinski definition) is 5. The van der Waals surface area contributed by atoms with Gasteiger partial charge in [0.25, 0.3) is 5.91 Å². The van der Waals surface area contributed by atoms with Crippen LogP contribution in [0.2, 0.25) is 0 Å². The number of hydrogen-bond donors (Lipinski definition) is 2. The standard InChI is InChI=1S/C17H16N2O4S/c1-2-23-12-9-7-11(8-10-12)19-15-13-5-3-4-6-14(13)24(21,22)16(15)17(18)20/h3-10,19H,2H2,1H3,(H2,18,20). The number of nitrogens with two attached hydrogens (primary N) is 1. The van der Waals surface area contributed by atoms with Crippen LogP contribution >= 0.6 is 0 Å². The summed E-state index contributed by atoms with van der Waals surface area (Å²) in [6.07, 6.45) is 0. The Kier molecular flexibility index (Phi) is 4.02. The Morgan fingerprint density at radius 2 is 1.79 bits per heavy atom. The molecular formula is C17H16N2O4S. The highest BCUT2D eigenvalue weighted by atomic mass is 32.2. The molecular weight excluding hydrogens is 328 g/mol. The number of carbonyl (C=O) groups is 1. The minimum absolute atomic E-state index is 0.0761. The van der Waals surface area contributed by atoms with Crippen molar-refractivity contribution in [3.63, 3.8) is 0 Å². The molecule has 6 nitrogen and oxygen atoms in total. The summed E-state index contributed by atoms with van der Waals surface area (Å²) in [5.41, 5.74) is 6.58. The molecule has 0 radical (unpaired) electrons. The molecule has 0 saturated heterocycles. The van der Waals surface area contributed by atoms with Crippen LogP contribution in [-0.2, 0) is 14.6 Å². The summed E-state index contributed by atoms with van der Waals surface area (Å²) in [6, 6.07) is 13.4. The first-order chi connectivity index (χ1) is 11.4. The second-order valence-corrected chi connectivity index (χ2v) is 7.01. The highest BCUT2D eigenvalue weighted by molar-refractivity contribution is 7.97. The van der Waals surface area contributed by atoms with Crippen LogP contribution in [0, 0.1) is 0 Å². The van der Waals surface area contributed by atoms with E-state index in [0.29, 0.717) is 23.6 Å². The first-order valence-corrected chi connectivity index (χ1v) is 8.82. The van der Waals surface area contributed by atoms with E-state index in [2.05, 4.69) is 5.32 Å². The summed E-state index contributed by atoms with van der Waals surface area (Å²) in [5.74, 6) is -0.286. The summed E-state index contributed by atoms with van der Waals surface area (Å²) in [7, 11) is -3.91. The molecule has 1 amide bonds. The van der Waals surface area contributed by atoms with Crippen molar-refractivity contribution >= 4 is 27.1 Å². The maximum Gasteiger partial charge on any atom is 0.262 e. The quantitative estimate of drug-likeness (QED) is 0.866. The van der Waals surface area contributed by atoms with Crippen molar-refractivity contribution in [3.05, 3.63) is 59.0 Å². The Morgan fingerprint density at radius 1 is 1.12 bits per heavy atom. The van der Waals surface area contributed by atoms with Gasteiger partial charge < -0.3 is 15.8 Å². The van der Waals surface area contributed by atoms with Gasteiger partial charge in [0.05, 0.1) is 17.2 Å². The van der Waals surface area contributed by atoms with Crippen molar-refractivity contribution in [2.24, 2.45) is 5.73 Å². The maximum atomic E-state index is 12.5. The molecule has 1 heterocycles. The lowest BCUT2D eigenvalue weighted by Gasteiger charge is -2.10. The Bertz CT molecular complexity index is 931. The van der Waals surface area contributed by atoms with Crippen molar-refractivity contribution in [2.45, 2.75) is 11.8 Å². The second-order valence-electron chi connectivity index (χ2n) is 5.15. The largest absolute Gasteiger partial charge is 0.494 e. The van der Waals surface area contributed by atoms with E-state index < -0.39 is 20.6 Å². The van der Waals surface area contributed by atoms with Crippen LogP contribution in [0.4, 0.5) is 5.69 Å². The molecule has 7 heteroatoms. The Morgan fingerprint density at radius 3 is 2.42 bits per heavy atom. The molecule has 0 spiro atoms. The molecule has 2 aromatic carbocycles. The van der Waals surface area contributed by atoms with E-state index in [-0.39, 0.29) is 10.6 Å². The van der Waals surface area contributed by atoms with E-state index in [1.165, 1.54) is 6.07 Å². The van der Waals surface area contributed by atoms with Crippen LogP contribution in [0.3, 0.4) is 0 Å². The number of primary amides is 1. The van der Waals surface area contributed by atoms with E-state index >= 15 is 0 Å². The highest BCUT2D eigenvalue weighted by Crippen LogP contribution is 2.39. The average Bonchev–Trinajstić information content (AvgIpc) is 2.77. The molecule has 0 aliphatic carbocycles. The SMILES string of the molecule is CCOc1ccc(NC2=C(C(N)=O)S(=O)(=O)c3ccccc32)cc1. The van der Waals surface area contributed by atoms with Gasteiger partial charge in [-0.3, -0.25) is 4.79 Å². The van der Waals surface area contributed by atoms with E-state index in [0.717, 1.165) is 0 Å². The first kappa shape index (κ1) is 16.1. The van der Waals surface area contributed by atoms with Gasteiger partial charge in [0, 0.05) is 11.3 Å². The number of amides is 1. The van der Waals surface area contributed by atoms with Gasteiger partial charge in [-0.15, -0.1) is 0 Å². The summed E-state index contributed by atoms with van der Waals surface area (Å²) in [5, 5.41) is 3.00. The van der Waals surface area contributed by atoms with Gasteiger partial charge in [0.2, 0.25) is 9.84 Å². The minimum Gasteiger partial charge on any atom is -0.494 e. The van der Waals surface area contributed by atoms with E-state index in [1.807, 2.05) is 6.92 Å². The van der Waals surface area contributed by atoms with Gasteiger partial charge in [-0.25, -0.2) is 8.42 Å². The topological polar surface area (TPSA) is 98.5 Å². The number of anilines is 1. The molecule has 2 aromatic rings. The summed E-state index contributed by atoms with van der Waals surface area (Å²) < 4.78 is 30.5. The van der Waals surface area contributed by atoms with Crippen LogP contribution in [0.25, 0.3) is 5.70 Å². The van der Waals surface area contributed by atoms with Crippen LogP contribution < -0.4 is 15.8 Å². The van der Waals surface area contributed by atoms with Crippen LogP contribution in [-0.4, -0.2) is 20.9 Å². The van der Waals surface area contributed by atoms with Crippen molar-refractivity contribution in [3.8, 4) is 5.75 Å². The molecule has 3 rings (SSSR count). The number of benzene rings is 2. The monoisotopic (exact) mass is 344 g/mol. The molecule has 0 atom stereocenters.